The van der Waals surface area contributed by atoms with Crippen molar-refractivity contribution in [2.24, 2.45) is 0 Å². The highest BCUT2D eigenvalue weighted by molar-refractivity contribution is 7.92. The molecule has 0 radical (unpaired) electrons. The van der Waals surface area contributed by atoms with E-state index in [2.05, 4.69) is 5.32 Å². The molecule has 1 atom stereocenters. The van der Waals surface area contributed by atoms with Crippen LogP contribution in [0.1, 0.15) is 43.2 Å². The minimum absolute atomic E-state index is 0.0410. The number of hydrogen-bond acceptors (Lipinski definition) is 4. The van der Waals surface area contributed by atoms with Crippen LogP contribution in [-0.4, -0.2) is 50.0 Å². The maximum absolute atomic E-state index is 14.1. The number of nitrogens with one attached hydrogen (secondary N) is 1. The van der Waals surface area contributed by atoms with E-state index in [1.807, 2.05) is 36.4 Å². The molecule has 218 valence electrons. The minimum atomic E-state index is -3.85. The maximum Gasteiger partial charge on any atom is 0.244 e. The molecule has 0 bridgehead atoms. The number of rotatable bonds is 11. The molecular weight excluding hydrogens is 581 g/mol. The van der Waals surface area contributed by atoms with Crippen molar-refractivity contribution in [1.29, 1.82) is 0 Å². The Labute approximate surface area is 252 Å². The van der Waals surface area contributed by atoms with E-state index in [0.29, 0.717) is 15.7 Å². The van der Waals surface area contributed by atoms with Gasteiger partial charge in [0, 0.05) is 29.1 Å². The van der Waals surface area contributed by atoms with Gasteiger partial charge in [-0.05, 0) is 60.4 Å². The number of hydrogen-bond donors (Lipinski definition) is 1. The number of amides is 2. The lowest BCUT2D eigenvalue weighted by molar-refractivity contribution is -0.140. The molecule has 2 amide bonds. The quantitative estimate of drug-likeness (QED) is 0.293. The zero-order valence-corrected chi connectivity index (χ0v) is 25.3. The first-order valence-electron chi connectivity index (χ1n) is 13.7. The van der Waals surface area contributed by atoms with Gasteiger partial charge in [-0.15, -0.1) is 0 Å². The normalized spacial score (nSPS) is 14.7. The molecule has 41 heavy (non-hydrogen) atoms. The van der Waals surface area contributed by atoms with Gasteiger partial charge in [-0.1, -0.05) is 84.9 Å². The molecule has 0 heterocycles. The summed E-state index contributed by atoms with van der Waals surface area (Å²) in [5, 5.41) is 4.13. The third-order valence-corrected chi connectivity index (χ3v) is 8.89. The smallest absolute Gasteiger partial charge is 0.244 e. The van der Waals surface area contributed by atoms with E-state index in [1.165, 1.54) is 4.90 Å². The van der Waals surface area contributed by atoms with Crippen LogP contribution in [0.2, 0.25) is 10.0 Å². The fourth-order valence-corrected chi connectivity index (χ4v) is 6.34. The van der Waals surface area contributed by atoms with Crippen molar-refractivity contribution >= 4 is 50.7 Å². The second-order valence-electron chi connectivity index (χ2n) is 10.4. The van der Waals surface area contributed by atoms with Crippen molar-refractivity contribution < 1.29 is 18.0 Å². The Balaban J connectivity index is 1.71. The van der Waals surface area contributed by atoms with Crippen LogP contribution in [0.25, 0.3) is 0 Å². The number of nitrogens with zero attached hydrogens (tertiary/aromatic N) is 2. The third kappa shape index (κ3) is 8.96. The van der Waals surface area contributed by atoms with E-state index >= 15 is 0 Å². The van der Waals surface area contributed by atoms with E-state index < -0.39 is 28.5 Å². The van der Waals surface area contributed by atoms with Crippen molar-refractivity contribution in [2.45, 2.75) is 57.2 Å². The molecule has 10 heteroatoms. The Bertz CT molecular complexity index is 1430. The highest BCUT2D eigenvalue weighted by atomic mass is 35.5. The van der Waals surface area contributed by atoms with Crippen LogP contribution in [0.15, 0.2) is 78.9 Å². The van der Waals surface area contributed by atoms with Crippen molar-refractivity contribution in [2.75, 3.05) is 17.1 Å². The van der Waals surface area contributed by atoms with Gasteiger partial charge in [-0.2, -0.15) is 0 Å². The Morgan fingerprint density at radius 1 is 0.878 bits per heavy atom. The van der Waals surface area contributed by atoms with Gasteiger partial charge in [-0.3, -0.25) is 13.9 Å². The number of carbonyl (C=O) groups excluding carboxylic acids is 2. The van der Waals surface area contributed by atoms with Crippen molar-refractivity contribution in [1.82, 2.24) is 10.2 Å². The van der Waals surface area contributed by atoms with E-state index in [-0.39, 0.29) is 24.9 Å². The van der Waals surface area contributed by atoms with E-state index in [0.717, 1.165) is 53.8 Å². The molecule has 7 nitrogen and oxygen atoms in total. The molecule has 0 aromatic heterocycles. The summed E-state index contributed by atoms with van der Waals surface area (Å²) in [5.41, 5.74) is 1.92. The van der Waals surface area contributed by atoms with Gasteiger partial charge in [-0.25, -0.2) is 8.42 Å². The summed E-state index contributed by atoms with van der Waals surface area (Å²) < 4.78 is 26.8. The first kappa shape index (κ1) is 30.9. The molecule has 0 saturated heterocycles. The van der Waals surface area contributed by atoms with Gasteiger partial charge >= 0.3 is 0 Å². The van der Waals surface area contributed by atoms with Gasteiger partial charge in [0.1, 0.15) is 12.6 Å². The monoisotopic (exact) mass is 615 g/mol. The first-order valence-corrected chi connectivity index (χ1v) is 16.3. The molecule has 4 rings (SSSR count). The zero-order chi connectivity index (χ0) is 29.4. The van der Waals surface area contributed by atoms with Gasteiger partial charge < -0.3 is 10.2 Å². The van der Waals surface area contributed by atoms with Crippen LogP contribution in [-0.2, 0) is 32.6 Å². The van der Waals surface area contributed by atoms with Gasteiger partial charge in [0.05, 0.1) is 11.9 Å². The van der Waals surface area contributed by atoms with Gasteiger partial charge in [0.15, 0.2) is 0 Å². The van der Waals surface area contributed by atoms with E-state index in [4.69, 9.17) is 23.2 Å². The number of halogens is 2. The Morgan fingerprint density at radius 3 is 2.17 bits per heavy atom. The third-order valence-electron chi connectivity index (χ3n) is 7.26. The summed E-state index contributed by atoms with van der Waals surface area (Å²) in [7, 11) is -3.85. The number of sulfonamides is 1. The SMILES string of the molecule is CS(=O)(=O)N(CC(=O)N(Cc1cccc(Cl)c1)[C@@H](Cc1ccccc1)C(=O)NC1CCCCC1)c1ccc(Cl)cc1. The van der Waals surface area contributed by atoms with Crippen LogP contribution in [0.4, 0.5) is 5.69 Å². The molecule has 0 spiro atoms. The zero-order valence-electron chi connectivity index (χ0n) is 23.0. The topological polar surface area (TPSA) is 86.8 Å². The molecule has 1 N–H and O–H groups in total. The lowest BCUT2D eigenvalue weighted by Crippen LogP contribution is -2.55. The molecule has 1 aliphatic carbocycles. The Hall–Kier alpha value is -3.07. The van der Waals surface area contributed by atoms with Crippen molar-refractivity contribution in [3.8, 4) is 0 Å². The molecule has 3 aromatic rings. The predicted molar refractivity (Wildman–Crippen MR) is 165 cm³/mol. The van der Waals surface area contributed by atoms with Crippen LogP contribution in [0, 0.1) is 0 Å². The summed E-state index contributed by atoms with van der Waals surface area (Å²) in [6.07, 6.45) is 6.34. The Kier molecular flexibility index (Phi) is 10.7. The highest BCUT2D eigenvalue weighted by Crippen LogP contribution is 2.24. The number of anilines is 1. The summed E-state index contributed by atoms with van der Waals surface area (Å²) in [4.78, 5) is 29.5. The second kappa shape index (κ2) is 14.2. The van der Waals surface area contributed by atoms with Crippen LogP contribution in [0.5, 0.6) is 0 Å². The molecular formula is C31H35Cl2N3O4S. The summed E-state index contributed by atoms with van der Waals surface area (Å²) in [6, 6.07) is 22.0. The minimum Gasteiger partial charge on any atom is -0.352 e. The number of carbonyl (C=O) groups is 2. The van der Waals surface area contributed by atoms with Gasteiger partial charge in [0.25, 0.3) is 0 Å². The summed E-state index contributed by atoms with van der Waals surface area (Å²) >= 11 is 12.3. The molecule has 1 fully saturated rings. The summed E-state index contributed by atoms with van der Waals surface area (Å²) in [5.74, 6) is -0.765. The molecule has 3 aromatic carbocycles. The van der Waals surface area contributed by atoms with Crippen molar-refractivity contribution in [3.05, 3.63) is 100 Å². The first-order chi connectivity index (χ1) is 19.6. The molecule has 1 saturated carbocycles. The average Bonchev–Trinajstić information content (AvgIpc) is 2.94. The molecule has 0 unspecified atom stereocenters. The van der Waals surface area contributed by atoms with Crippen LogP contribution in [0.3, 0.4) is 0 Å². The van der Waals surface area contributed by atoms with Gasteiger partial charge in [0.2, 0.25) is 21.8 Å². The standard InChI is InChI=1S/C31H35Cl2N3O4S/c1-41(39,40)36(28-17-15-25(32)16-18-28)22-30(37)35(21-24-11-8-12-26(33)19-24)29(20-23-9-4-2-5-10-23)31(38)34-27-13-6-3-7-14-27/h2,4-5,8-12,15-19,27,29H,3,6-7,13-14,20-22H2,1H3,(H,34,38)/t29-/m0/s1. The summed E-state index contributed by atoms with van der Waals surface area (Å²) in [6.45, 7) is -0.407. The largest absolute Gasteiger partial charge is 0.352 e. The lowest BCUT2D eigenvalue weighted by Gasteiger charge is -2.35. The lowest BCUT2D eigenvalue weighted by atomic mass is 9.94. The maximum atomic E-state index is 14.1. The van der Waals surface area contributed by atoms with E-state index in [1.54, 1.807) is 42.5 Å². The highest BCUT2D eigenvalue weighted by Gasteiger charge is 2.34. The number of benzene rings is 3. The van der Waals surface area contributed by atoms with Crippen LogP contribution >= 0.6 is 23.2 Å². The van der Waals surface area contributed by atoms with E-state index in [9.17, 15) is 18.0 Å². The molecule has 0 aliphatic heterocycles. The Morgan fingerprint density at radius 2 is 1.54 bits per heavy atom. The van der Waals surface area contributed by atoms with Crippen LogP contribution < -0.4 is 9.62 Å². The predicted octanol–water partition coefficient (Wildman–Crippen LogP) is 5.85. The average molecular weight is 617 g/mol. The fraction of sp³-hybridized carbons (Fsp3) is 0.355. The second-order valence-corrected chi connectivity index (χ2v) is 13.2. The fourth-order valence-electron chi connectivity index (χ4n) is 5.15. The molecule has 1 aliphatic rings. The van der Waals surface area contributed by atoms with Crippen molar-refractivity contribution in [3.63, 3.8) is 0 Å².